The van der Waals surface area contributed by atoms with Gasteiger partial charge in [-0.1, -0.05) is 37.9 Å². The van der Waals surface area contributed by atoms with E-state index < -0.39 is 0 Å². The van der Waals surface area contributed by atoms with E-state index in [1.165, 1.54) is 0 Å². The van der Waals surface area contributed by atoms with Crippen LogP contribution in [0.3, 0.4) is 0 Å². The molecule has 0 spiro atoms. The molecule has 2 aromatic rings. The number of pyridine rings is 1. The van der Waals surface area contributed by atoms with Gasteiger partial charge in [0.1, 0.15) is 0 Å². The van der Waals surface area contributed by atoms with Crippen molar-refractivity contribution in [1.82, 2.24) is 4.98 Å². The molecule has 1 nitrogen and oxygen atoms in total. The van der Waals surface area contributed by atoms with E-state index in [1.807, 2.05) is 24.3 Å². The van der Waals surface area contributed by atoms with Crippen LogP contribution in [0.15, 0.2) is 39.4 Å². The maximum absolute atomic E-state index is 4.24. The third kappa shape index (κ3) is 2.30. The fraction of sp³-hybridized carbons (Fsp3) is 0. The van der Waals surface area contributed by atoms with Crippen LogP contribution in [-0.2, 0) is 0 Å². The van der Waals surface area contributed by atoms with E-state index in [0.717, 1.165) is 19.8 Å². The van der Waals surface area contributed by atoms with E-state index in [1.54, 1.807) is 6.20 Å². The largest absolute Gasteiger partial charge is 0.256 e. The van der Waals surface area contributed by atoms with Crippen LogP contribution in [0.4, 0.5) is 0 Å². The number of rotatable bonds is 0. The fourth-order valence-corrected chi connectivity index (χ4v) is 1.89. The van der Waals surface area contributed by atoms with Crippen LogP contribution in [0, 0.1) is 0 Å². The van der Waals surface area contributed by atoms with Gasteiger partial charge in [0.2, 0.25) is 0 Å². The molecule has 1 heterocycles. The summed E-state index contributed by atoms with van der Waals surface area (Å²) in [6.07, 6.45) is 1.79. The SMILES string of the molecule is Br.Brc1ccc2c(Br)ccnc2c1. The van der Waals surface area contributed by atoms with Crippen LogP contribution >= 0.6 is 48.8 Å². The molecule has 1 aromatic heterocycles. The van der Waals surface area contributed by atoms with E-state index in [0.29, 0.717) is 0 Å². The predicted octanol–water partition coefficient (Wildman–Crippen LogP) is 4.34. The van der Waals surface area contributed by atoms with Gasteiger partial charge in [0, 0.05) is 20.5 Å². The van der Waals surface area contributed by atoms with Crippen molar-refractivity contribution >= 4 is 59.7 Å². The second kappa shape index (κ2) is 4.53. The molecule has 0 bridgehead atoms. The summed E-state index contributed by atoms with van der Waals surface area (Å²) < 4.78 is 2.14. The lowest BCUT2D eigenvalue weighted by Crippen LogP contribution is -1.78. The minimum absolute atomic E-state index is 0. The molecule has 0 atom stereocenters. The van der Waals surface area contributed by atoms with Gasteiger partial charge in [-0.25, -0.2) is 0 Å². The lowest BCUT2D eigenvalue weighted by atomic mass is 10.2. The number of aromatic nitrogens is 1. The molecule has 0 unspecified atom stereocenters. The van der Waals surface area contributed by atoms with Crippen molar-refractivity contribution in [3.63, 3.8) is 0 Å². The normalized spacial score (nSPS) is 9.69. The summed E-state index contributed by atoms with van der Waals surface area (Å²) in [5.41, 5.74) is 0.999. The Balaban J connectivity index is 0.000000845. The van der Waals surface area contributed by atoms with Crippen LogP contribution in [0.25, 0.3) is 10.9 Å². The molecule has 4 heteroatoms. The molecule has 2 rings (SSSR count). The summed E-state index contributed by atoms with van der Waals surface area (Å²) in [5.74, 6) is 0. The second-order valence-corrected chi connectivity index (χ2v) is 4.22. The van der Waals surface area contributed by atoms with Crippen molar-refractivity contribution in [3.05, 3.63) is 39.4 Å². The fourth-order valence-electron chi connectivity index (χ4n) is 1.09. The van der Waals surface area contributed by atoms with Gasteiger partial charge >= 0.3 is 0 Å². The molecule has 0 aliphatic rings. The molecule has 0 aliphatic carbocycles. The van der Waals surface area contributed by atoms with Crippen LogP contribution < -0.4 is 0 Å². The van der Waals surface area contributed by atoms with Crippen LogP contribution in [0.5, 0.6) is 0 Å². The molecule has 0 radical (unpaired) electrons. The molecule has 13 heavy (non-hydrogen) atoms. The zero-order valence-corrected chi connectivity index (χ0v) is 11.4. The van der Waals surface area contributed by atoms with Crippen molar-refractivity contribution in [3.8, 4) is 0 Å². The van der Waals surface area contributed by atoms with Crippen molar-refractivity contribution in [1.29, 1.82) is 0 Å². The highest BCUT2D eigenvalue weighted by Gasteiger charge is 1.98. The number of hydrogen-bond acceptors (Lipinski definition) is 1. The van der Waals surface area contributed by atoms with Crippen LogP contribution in [0.2, 0.25) is 0 Å². The first-order valence-electron chi connectivity index (χ1n) is 3.47. The van der Waals surface area contributed by atoms with Gasteiger partial charge in [-0.2, -0.15) is 0 Å². The van der Waals surface area contributed by atoms with E-state index in [9.17, 15) is 0 Å². The Morgan fingerprint density at radius 3 is 2.62 bits per heavy atom. The molecule has 0 amide bonds. The Morgan fingerprint density at radius 1 is 1.08 bits per heavy atom. The summed E-state index contributed by atoms with van der Waals surface area (Å²) in [6, 6.07) is 7.99. The van der Waals surface area contributed by atoms with Gasteiger partial charge in [0.25, 0.3) is 0 Å². The minimum Gasteiger partial charge on any atom is -0.256 e. The van der Waals surface area contributed by atoms with Gasteiger partial charge in [-0.05, 0) is 18.2 Å². The molecule has 0 fully saturated rings. The number of benzene rings is 1. The lowest BCUT2D eigenvalue weighted by Gasteiger charge is -1.98. The molecule has 0 saturated carbocycles. The topological polar surface area (TPSA) is 12.9 Å². The van der Waals surface area contributed by atoms with E-state index in [2.05, 4.69) is 36.8 Å². The molecular formula is C9H6Br3N. The first kappa shape index (κ1) is 11.1. The Labute approximate surface area is 104 Å². The molecule has 0 N–H and O–H groups in total. The summed E-state index contributed by atoms with van der Waals surface area (Å²) >= 11 is 6.87. The smallest absolute Gasteiger partial charge is 0.0724 e. The highest BCUT2D eigenvalue weighted by Crippen LogP contribution is 2.24. The lowest BCUT2D eigenvalue weighted by molar-refractivity contribution is 1.40. The Bertz CT molecular complexity index is 428. The Hall–Kier alpha value is 0.0700. The van der Waals surface area contributed by atoms with Gasteiger partial charge in [-0.3, -0.25) is 4.98 Å². The summed E-state index contributed by atoms with van der Waals surface area (Å²) in [6.45, 7) is 0. The van der Waals surface area contributed by atoms with Crippen molar-refractivity contribution in [2.45, 2.75) is 0 Å². The Morgan fingerprint density at radius 2 is 1.85 bits per heavy atom. The number of fused-ring (bicyclic) bond motifs is 1. The van der Waals surface area contributed by atoms with E-state index in [-0.39, 0.29) is 17.0 Å². The first-order valence-corrected chi connectivity index (χ1v) is 5.06. The average molecular weight is 368 g/mol. The molecule has 68 valence electrons. The van der Waals surface area contributed by atoms with Crippen molar-refractivity contribution in [2.24, 2.45) is 0 Å². The van der Waals surface area contributed by atoms with Gasteiger partial charge in [0.05, 0.1) is 5.52 Å². The van der Waals surface area contributed by atoms with Crippen LogP contribution in [0.1, 0.15) is 0 Å². The highest BCUT2D eigenvalue weighted by atomic mass is 79.9. The number of halogens is 3. The van der Waals surface area contributed by atoms with Gasteiger partial charge in [-0.15, -0.1) is 17.0 Å². The van der Waals surface area contributed by atoms with Gasteiger partial charge in [0.15, 0.2) is 0 Å². The third-order valence-corrected chi connectivity index (χ3v) is 2.84. The minimum atomic E-state index is 0. The van der Waals surface area contributed by atoms with Crippen LogP contribution in [-0.4, -0.2) is 4.98 Å². The number of hydrogen-bond donors (Lipinski definition) is 0. The van der Waals surface area contributed by atoms with Gasteiger partial charge < -0.3 is 0 Å². The quantitative estimate of drug-likeness (QED) is 0.675. The summed E-state index contributed by atoms with van der Waals surface area (Å²) in [4.78, 5) is 4.24. The van der Waals surface area contributed by atoms with E-state index in [4.69, 9.17) is 0 Å². The standard InChI is InChI=1S/C9H5Br2N.BrH/c10-6-1-2-7-8(11)3-4-12-9(7)5-6;/h1-5H;1H. The zero-order chi connectivity index (χ0) is 8.55. The summed E-state index contributed by atoms with van der Waals surface area (Å²) in [5, 5.41) is 1.14. The average Bonchev–Trinajstić information content (AvgIpc) is 2.04. The highest BCUT2D eigenvalue weighted by molar-refractivity contribution is 9.11. The molecule has 1 aromatic carbocycles. The van der Waals surface area contributed by atoms with Crippen molar-refractivity contribution < 1.29 is 0 Å². The zero-order valence-electron chi connectivity index (χ0n) is 6.50. The maximum Gasteiger partial charge on any atom is 0.0724 e. The summed E-state index contributed by atoms with van der Waals surface area (Å²) in [7, 11) is 0. The Kier molecular flexibility index (Phi) is 3.88. The third-order valence-electron chi connectivity index (χ3n) is 1.65. The van der Waals surface area contributed by atoms with E-state index >= 15 is 0 Å². The molecule has 0 aliphatic heterocycles. The number of nitrogens with zero attached hydrogens (tertiary/aromatic N) is 1. The second-order valence-electron chi connectivity index (χ2n) is 2.45. The first-order chi connectivity index (χ1) is 5.77. The molecular weight excluding hydrogens is 362 g/mol. The maximum atomic E-state index is 4.24. The monoisotopic (exact) mass is 365 g/mol. The molecule has 0 saturated heterocycles. The predicted molar refractivity (Wildman–Crippen MR) is 67.5 cm³/mol. The van der Waals surface area contributed by atoms with Crippen molar-refractivity contribution in [2.75, 3.05) is 0 Å².